The van der Waals surface area contributed by atoms with Gasteiger partial charge in [0.05, 0.1) is 0 Å². The van der Waals surface area contributed by atoms with Gasteiger partial charge in [0.15, 0.2) is 0 Å². The van der Waals surface area contributed by atoms with Crippen molar-refractivity contribution in [2.75, 3.05) is 0 Å². The van der Waals surface area contributed by atoms with Crippen LogP contribution < -0.4 is 0 Å². The minimum absolute atomic E-state index is 0.125. The van der Waals surface area contributed by atoms with Crippen molar-refractivity contribution in [1.82, 2.24) is 0 Å². The molecular formula is C40H45Cl2SiZr. The summed E-state index contributed by atoms with van der Waals surface area (Å²) in [7, 11) is 17.2. The summed E-state index contributed by atoms with van der Waals surface area (Å²) in [5, 5.41) is 0. The predicted molar refractivity (Wildman–Crippen MR) is 195 cm³/mol. The predicted octanol–water partition coefficient (Wildman–Crippen LogP) is 12.5. The average Bonchev–Trinajstić information content (AvgIpc) is 3.65. The molecule has 6 rings (SSSR count). The molecule has 0 saturated carbocycles. The van der Waals surface area contributed by atoms with Crippen LogP contribution in [0.1, 0.15) is 81.2 Å². The fraction of sp³-hybridized carbons (Fsp3) is 0.300. The molecule has 44 heavy (non-hydrogen) atoms. The molecule has 0 aromatic heterocycles. The third-order valence-electron chi connectivity index (χ3n) is 10.7. The van der Waals surface area contributed by atoms with Crippen LogP contribution in [0.25, 0.3) is 34.4 Å². The number of aryl methyl sites for hydroxylation is 2. The third kappa shape index (κ3) is 5.04. The number of benzene rings is 4. The van der Waals surface area contributed by atoms with Crippen molar-refractivity contribution in [3.8, 4) is 22.3 Å². The van der Waals surface area contributed by atoms with Gasteiger partial charge in [0, 0.05) is 0 Å². The molecule has 0 aliphatic heterocycles. The second-order valence-corrected chi connectivity index (χ2v) is 55.6. The topological polar surface area (TPSA) is 0 Å². The van der Waals surface area contributed by atoms with Crippen molar-refractivity contribution in [3.05, 3.63) is 129 Å². The second-order valence-electron chi connectivity index (χ2n) is 13.1. The van der Waals surface area contributed by atoms with Gasteiger partial charge in [0.1, 0.15) is 0 Å². The quantitative estimate of drug-likeness (QED) is 0.151. The molecule has 2 aliphatic carbocycles. The summed E-state index contributed by atoms with van der Waals surface area (Å²) in [6, 6.07) is 31.9. The maximum atomic E-state index is 8.58. The van der Waals surface area contributed by atoms with Gasteiger partial charge in [-0.2, -0.15) is 0 Å². The Labute approximate surface area is 274 Å². The SMILES string of the molecule is CCC1=Cc2c(-c3ccc(CC)cc3)cccc2[CH]1[Zr]([Cl])([Cl])([CH]1C(CC)=Cc2c(-c3ccc(CC)cc3)cccc21)[SiH](C)C. The van der Waals surface area contributed by atoms with E-state index in [1.54, 1.807) is 0 Å². The Morgan fingerprint density at radius 3 is 1.25 bits per heavy atom. The number of fused-ring (bicyclic) bond motifs is 2. The van der Waals surface area contributed by atoms with E-state index >= 15 is 0 Å². The van der Waals surface area contributed by atoms with Gasteiger partial charge in [-0.15, -0.1) is 0 Å². The molecule has 227 valence electrons. The molecule has 0 bridgehead atoms. The summed E-state index contributed by atoms with van der Waals surface area (Å²) in [5.74, 6) is -1.59. The Morgan fingerprint density at radius 1 is 0.545 bits per heavy atom. The molecule has 0 fully saturated rings. The standard InChI is InChI=1S/2C19H19.C2H7Si.2ClH.Zr/c2*1-3-14-8-10-16(11-9-14)18-7-5-6-17-12-15(4-2)13-19(17)18;1-3-2;;;/h2*5-13H,3-4H2,1-2H3;3H,1-2H3;2*1H;/q;;;;;+2/p-2. The van der Waals surface area contributed by atoms with Crippen LogP contribution >= 0.6 is 17.0 Å². The maximum absolute atomic E-state index is 8.58. The summed E-state index contributed by atoms with van der Waals surface area (Å²) in [6.07, 6.45) is 8.96. The van der Waals surface area contributed by atoms with Gasteiger partial charge in [-0.3, -0.25) is 0 Å². The van der Waals surface area contributed by atoms with Crippen LogP contribution in [0.2, 0.25) is 13.1 Å². The monoisotopic (exact) mass is 713 g/mol. The first-order chi connectivity index (χ1) is 21.2. The molecule has 0 N–H and O–H groups in total. The van der Waals surface area contributed by atoms with Crippen LogP contribution in [-0.2, 0) is 28.4 Å². The first-order valence-electron chi connectivity index (χ1n) is 16.6. The first kappa shape index (κ1) is 32.0. The zero-order valence-corrected chi connectivity index (χ0v) is 32.2. The van der Waals surface area contributed by atoms with E-state index in [1.807, 2.05) is 0 Å². The van der Waals surface area contributed by atoms with Gasteiger partial charge in [-0.25, -0.2) is 0 Å². The van der Waals surface area contributed by atoms with E-state index in [4.69, 9.17) is 17.0 Å². The van der Waals surface area contributed by atoms with Crippen molar-refractivity contribution in [2.45, 2.75) is 73.7 Å². The zero-order valence-electron chi connectivity index (χ0n) is 27.1. The van der Waals surface area contributed by atoms with Gasteiger partial charge < -0.3 is 0 Å². The Bertz CT molecular complexity index is 1640. The van der Waals surface area contributed by atoms with E-state index in [2.05, 4.69) is 138 Å². The van der Waals surface area contributed by atoms with Crippen LogP contribution in [0.5, 0.6) is 0 Å². The molecule has 0 saturated heterocycles. The molecule has 0 radical (unpaired) electrons. The fourth-order valence-electron chi connectivity index (χ4n) is 8.02. The molecule has 4 heteroatoms. The molecule has 2 aliphatic rings. The van der Waals surface area contributed by atoms with Gasteiger partial charge in [-0.1, -0.05) is 0 Å². The molecule has 0 amide bonds. The van der Waals surface area contributed by atoms with Crippen LogP contribution in [0.3, 0.4) is 0 Å². The van der Waals surface area contributed by atoms with Crippen LogP contribution in [-0.4, -0.2) is 5.92 Å². The van der Waals surface area contributed by atoms with E-state index in [0.717, 1.165) is 25.7 Å². The zero-order chi connectivity index (χ0) is 31.2. The van der Waals surface area contributed by atoms with Gasteiger partial charge >= 0.3 is 276 Å². The van der Waals surface area contributed by atoms with Crippen molar-refractivity contribution in [1.29, 1.82) is 0 Å². The van der Waals surface area contributed by atoms with Gasteiger partial charge in [0.2, 0.25) is 0 Å². The molecular weight excluding hydrogens is 671 g/mol. The molecule has 2 unspecified atom stereocenters. The van der Waals surface area contributed by atoms with E-state index in [1.165, 1.54) is 66.8 Å². The fourth-order valence-corrected chi connectivity index (χ4v) is 39.8. The van der Waals surface area contributed by atoms with Crippen molar-refractivity contribution >= 4 is 35.1 Å². The Morgan fingerprint density at radius 2 is 0.932 bits per heavy atom. The third-order valence-corrected chi connectivity index (χ3v) is 62.5. The van der Waals surface area contributed by atoms with Crippen LogP contribution in [0, 0.1) is 0 Å². The molecule has 0 heterocycles. The summed E-state index contributed by atoms with van der Waals surface area (Å²) in [4.78, 5) is 0. The Hall–Kier alpha value is -1.96. The van der Waals surface area contributed by atoms with Crippen molar-refractivity contribution < 1.29 is 15.6 Å². The number of hydrogen-bond acceptors (Lipinski definition) is 0. The van der Waals surface area contributed by atoms with Crippen molar-refractivity contribution in [2.24, 2.45) is 0 Å². The van der Waals surface area contributed by atoms with Crippen molar-refractivity contribution in [3.63, 3.8) is 0 Å². The first-order valence-corrected chi connectivity index (χ1v) is 32.9. The number of halogens is 2. The summed E-state index contributed by atoms with van der Waals surface area (Å²) in [5.41, 5.74) is 16.1. The van der Waals surface area contributed by atoms with Gasteiger partial charge in [0.25, 0.3) is 0 Å². The average molecular weight is 716 g/mol. The minimum atomic E-state index is -4.74. The second kappa shape index (κ2) is 12.3. The van der Waals surface area contributed by atoms with E-state index in [0.29, 0.717) is 0 Å². The molecule has 2 atom stereocenters. The van der Waals surface area contributed by atoms with E-state index < -0.39 is 21.5 Å². The summed E-state index contributed by atoms with van der Waals surface area (Å²) >= 11 is -4.74. The molecule has 0 nitrogen and oxygen atoms in total. The van der Waals surface area contributed by atoms with Gasteiger partial charge in [-0.05, 0) is 0 Å². The van der Waals surface area contributed by atoms with Crippen LogP contribution in [0.15, 0.2) is 96.1 Å². The summed E-state index contributed by atoms with van der Waals surface area (Å²) in [6.45, 7) is 13.9. The van der Waals surface area contributed by atoms with E-state index in [9.17, 15) is 0 Å². The molecule has 0 spiro atoms. The number of rotatable bonds is 9. The van der Waals surface area contributed by atoms with Crippen LogP contribution in [0.4, 0.5) is 0 Å². The Balaban J connectivity index is 1.54. The molecule has 4 aromatic rings. The van der Waals surface area contributed by atoms with E-state index in [-0.39, 0.29) is 7.25 Å². The number of allylic oxidation sites excluding steroid dienone is 2. The normalized spacial score (nSPS) is 18.4. The number of hydrogen-bond donors (Lipinski definition) is 0. The Kier molecular flexibility index (Phi) is 8.97. The summed E-state index contributed by atoms with van der Waals surface area (Å²) < 4.78 is 0.249. The molecule has 4 aromatic carbocycles.